The zero-order valence-corrected chi connectivity index (χ0v) is 16.1. The monoisotopic (exact) mass is 376 g/mol. The molecule has 1 aliphatic carbocycles. The van der Waals surface area contributed by atoms with Crippen molar-refractivity contribution in [2.24, 2.45) is 0 Å². The Morgan fingerprint density at radius 3 is 2.93 bits per heavy atom. The molecular formula is C21H24N6O. The third-order valence-corrected chi connectivity index (χ3v) is 5.37. The number of rotatable bonds is 4. The van der Waals surface area contributed by atoms with Gasteiger partial charge < -0.3 is 10.6 Å². The molecule has 1 atom stereocenters. The second kappa shape index (κ2) is 7.42. The van der Waals surface area contributed by atoms with Gasteiger partial charge in [-0.25, -0.2) is 19.4 Å². The van der Waals surface area contributed by atoms with Gasteiger partial charge in [0.2, 0.25) is 0 Å². The molecule has 28 heavy (non-hydrogen) atoms. The summed E-state index contributed by atoms with van der Waals surface area (Å²) in [5.41, 5.74) is 3.52. The van der Waals surface area contributed by atoms with Crippen LogP contribution in [0.5, 0.6) is 0 Å². The summed E-state index contributed by atoms with van der Waals surface area (Å²) < 4.78 is 1.59. The molecule has 2 amide bonds. The van der Waals surface area contributed by atoms with E-state index >= 15 is 0 Å². The van der Waals surface area contributed by atoms with Crippen LogP contribution < -0.4 is 10.6 Å². The van der Waals surface area contributed by atoms with E-state index in [1.807, 2.05) is 18.2 Å². The zero-order chi connectivity index (χ0) is 19.6. The molecule has 3 aromatic rings. The lowest BCUT2D eigenvalue weighted by molar-refractivity contribution is 0.233. The second-order valence-electron chi connectivity index (χ2n) is 7.72. The summed E-state index contributed by atoms with van der Waals surface area (Å²) in [5.74, 6) is 0.657. The van der Waals surface area contributed by atoms with E-state index in [0.717, 1.165) is 18.4 Å². The predicted molar refractivity (Wildman–Crippen MR) is 106 cm³/mol. The van der Waals surface area contributed by atoms with Crippen molar-refractivity contribution in [3.05, 3.63) is 71.9 Å². The van der Waals surface area contributed by atoms with Gasteiger partial charge in [-0.05, 0) is 35.4 Å². The fraction of sp³-hybridized carbons (Fsp3) is 0.333. The summed E-state index contributed by atoms with van der Waals surface area (Å²) in [4.78, 5) is 20.9. The Bertz CT molecular complexity index is 967. The predicted octanol–water partition coefficient (Wildman–Crippen LogP) is 3.27. The minimum absolute atomic E-state index is 0.0212. The molecule has 0 fully saturated rings. The first-order valence-electron chi connectivity index (χ1n) is 9.47. The van der Waals surface area contributed by atoms with Gasteiger partial charge in [-0.1, -0.05) is 44.2 Å². The highest BCUT2D eigenvalue weighted by Crippen LogP contribution is 2.41. The lowest BCUT2D eigenvalue weighted by Crippen LogP contribution is -2.41. The van der Waals surface area contributed by atoms with Crippen molar-refractivity contribution < 1.29 is 4.79 Å². The first kappa shape index (κ1) is 18.2. The molecule has 0 radical (unpaired) electrons. The van der Waals surface area contributed by atoms with E-state index in [1.165, 1.54) is 17.5 Å². The molecule has 0 unspecified atom stereocenters. The number of hydrogen-bond acceptors (Lipinski definition) is 4. The van der Waals surface area contributed by atoms with E-state index < -0.39 is 0 Å². The topological polar surface area (TPSA) is 84.7 Å². The third kappa shape index (κ3) is 3.60. The molecule has 0 aliphatic heterocycles. The van der Waals surface area contributed by atoms with E-state index in [0.29, 0.717) is 12.4 Å². The normalized spacial score (nSPS) is 17.6. The summed E-state index contributed by atoms with van der Waals surface area (Å²) in [7, 11) is 0. The number of pyridine rings is 1. The number of hydrogen-bond donors (Lipinski definition) is 2. The standard InChI is InChI=1S/C21H24N6O/c1-21(2)10-9-18(16-7-3-4-8-17(16)21)26-20(28)24-12-15-6-5-11-23-19(15)27-14-22-13-25-27/h3-8,11,13-14,18H,9-10,12H2,1-2H3,(H2,24,26,28)/t18-/m0/s1. The van der Waals surface area contributed by atoms with Gasteiger partial charge in [0.1, 0.15) is 12.7 Å². The largest absolute Gasteiger partial charge is 0.334 e. The van der Waals surface area contributed by atoms with Gasteiger partial charge in [0.15, 0.2) is 5.82 Å². The van der Waals surface area contributed by atoms with Gasteiger partial charge in [0.25, 0.3) is 0 Å². The van der Waals surface area contributed by atoms with Crippen LogP contribution in [0.1, 0.15) is 49.4 Å². The Kier molecular flexibility index (Phi) is 4.81. The van der Waals surface area contributed by atoms with Crippen LogP contribution >= 0.6 is 0 Å². The lowest BCUT2D eigenvalue weighted by Gasteiger charge is -2.37. The number of urea groups is 1. The van der Waals surface area contributed by atoms with E-state index in [4.69, 9.17) is 0 Å². The average Bonchev–Trinajstić information content (AvgIpc) is 3.24. The number of nitrogens with one attached hydrogen (secondary N) is 2. The Balaban J connectivity index is 1.44. The number of carbonyl (C=O) groups is 1. The summed E-state index contributed by atoms with van der Waals surface area (Å²) >= 11 is 0. The maximum absolute atomic E-state index is 12.6. The van der Waals surface area contributed by atoms with Crippen LogP contribution in [0.3, 0.4) is 0 Å². The smallest absolute Gasteiger partial charge is 0.315 e. The molecule has 0 bridgehead atoms. The molecule has 0 saturated carbocycles. The highest BCUT2D eigenvalue weighted by atomic mass is 16.2. The Labute approximate surface area is 164 Å². The SMILES string of the molecule is CC1(C)CC[C@H](NC(=O)NCc2cccnc2-n2cncn2)c2ccccc21. The molecule has 7 heteroatoms. The van der Waals surface area contributed by atoms with Crippen molar-refractivity contribution >= 4 is 6.03 Å². The fourth-order valence-electron chi connectivity index (χ4n) is 3.84. The third-order valence-electron chi connectivity index (χ3n) is 5.37. The minimum atomic E-state index is -0.187. The minimum Gasteiger partial charge on any atom is -0.334 e. The lowest BCUT2D eigenvalue weighted by atomic mass is 9.71. The van der Waals surface area contributed by atoms with Gasteiger partial charge in [-0.3, -0.25) is 0 Å². The molecule has 0 saturated heterocycles. The first-order chi connectivity index (χ1) is 13.5. The van der Waals surface area contributed by atoms with E-state index in [1.54, 1.807) is 17.2 Å². The van der Waals surface area contributed by atoms with Gasteiger partial charge >= 0.3 is 6.03 Å². The highest BCUT2D eigenvalue weighted by Gasteiger charge is 2.32. The van der Waals surface area contributed by atoms with E-state index in [2.05, 4.69) is 57.7 Å². The summed E-state index contributed by atoms with van der Waals surface area (Å²) in [6, 6.07) is 12.0. The zero-order valence-electron chi connectivity index (χ0n) is 16.1. The van der Waals surface area contributed by atoms with Crippen molar-refractivity contribution in [3.63, 3.8) is 0 Å². The number of amides is 2. The molecule has 2 N–H and O–H groups in total. The molecule has 2 heterocycles. The number of aromatic nitrogens is 4. The molecule has 1 aromatic carbocycles. The summed E-state index contributed by atoms with van der Waals surface area (Å²) in [6.45, 7) is 4.88. The molecule has 4 rings (SSSR count). The van der Waals surface area contributed by atoms with Crippen LogP contribution in [0.15, 0.2) is 55.2 Å². The van der Waals surface area contributed by atoms with Crippen LogP contribution in [-0.2, 0) is 12.0 Å². The maximum Gasteiger partial charge on any atom is 0.315 e. The Hall–Kier alpha value is -3.22. The number of nitrogens with zero attached hydrogens (tertiary/aromatic N) is 4. The molecule has 1 aliphatic rings. The fourth-order valence-corrected chi connectivity index (χ4v) is 3.84. The number of benzene rings is 1. The van der Waals surface area contributed by atoms with Crippen LogP contribution in [0.25, 0.3) is 5.82 Å². The first-order valence-corrected chi connectivity index (χ1v) is 9.47. The van der Waals surface area contributed by atoms with Crippen molar-refractivity contribution in [1.29, 1.82) is 0 Å². The summed E-state index contributed by atoms with van der Waals surface area (Å²) in [6.07, 6.45) is 6.71. The van der Waals surface area contributed by atoms with Crippen molar-refractivity contribution in [2.45, 2.75) is 44.7 Å². The van der Waals surface area contributed by atoms with Gasteiger partial charge in [-0.2, -0.15) is 5.10 Å². The molecule has 2 aromatic heterocycles. The van der Waals surface area contributed by atoms with Gasteiger partial charge in [0.05, 0.1) is 6.04 Å². The number of fused-ring (bicyclic) bond motifs is 1. The Morgan fingerprint density at radius 1 is 1.25 bits per heavy atom. The number of carbonyl (C=O) groups excluding carboxylic acids is 1. The van der Waals surface area contributed by atoms with Crippen LogP contribution in [0.2, 0.25) is 0 Å². The van der Waals surface area contributed by atoms with Crippen molar-refractivity contribution in [2.75, 3.05) is 0 Å². The van der Waals surface area contributed by atoms with Crippen molar-refractivity contribution in [1.82, 2.24) is 30.4 Å². The van der Waals surface area contributed by atoms with Crippen LogP contribution in [0, 0.1) is 0 Å². The molecule has 0 spiro atoms. The highest BCUT2D eigenvalue weighted by molar-refractivity contribution is 5.74. The molecular weight excluding hydrogens is 352 g/mol. The van der Waals surface area contributed by atoms with Gasteiger partial charge in [-0.15, -0.1) is 0 Å². The average molecular weight is 376 g/mol. The van der Waals surface area contributed by atoms with E-state index in [-0.39, 0.29) is 17.5 Å². The second-order valence-corrected chi connectivity index (χ2v) is 7.72. The summed E-state index contributed by atoms with van der Waals surface area (Å²) in [5, 5.41) is 10.2. The molecule has 7 nitrogen and oxygen atoms in total. The van der Waals surface area contributed by atoms with Crippen molar-refractivity contribution in [3.8, 4) is 5.82 Å². The molecule has 144 valence electrons. The maximum atomic E-state index is 12.6. The van der Waals surface area contributed by atoms with Crippen LogP contribution in [-0.4, -0.2) is 25.8 Å². The van der Waals surface area contributed by atoms with Gasteiger partial charge in [0, 0.05) is 18.3 Å². The van der Waals surface area contributed by atoms with Crippen LogP contribution in [0.4, 0.5) is 4.79 Å². The van der Waals surface area contributed by atoms with E-state index in [9.17, 15) is 4.79 Å². The quantitative estimate of drug-likeness (QED) is 0.732. The Morgan fingerprint density at radius 2 is 2.11 bits per heavy atom.